The Hall–Kier alpha value is -1.72. The molecule has 5 heteroatoms. The smallest absolute Gasteiger partial charge is 0.127 e. The van der Waals surface area contributed by atoms with Crippen LogP contribution in [0.5, 0.6) is 0 Å². The summed E-state index contributed by atoms with van der Waals surface area (Å²) in [6, 6.07) is 8.53. The predicted octanol–water partition coefficient (Wildman–Crippen LogP) is 2.99. The van der Waals surface area contributed by atoms with Crippen LogP contribution in [0.2, 0.25) is 0 Å². The van der Waals surface area contributed by atoms with Crippen LogP contribution in [0.3, 0.4) is 0 Å². The fourth-order valence-electron chi connectivity index (χ4n) is 2.03. The van der Waals surface area contributed by atoms with E-state index in [1.165, 1.54) is 6.07 Å². The molecule has 106 valence electrons. The molecule has 0 fully saturated rings. The first-order valence-electron chi connectivity index (χ1n) is 6.28. The second kappa shape index (κ2) is 6.15. The molecule has 0 atom stereocenters. The highest BCUT2D eigenvalue weighted by Crippen LogP contribution is 2.15. The molecule has 0 unspecified atom stereocenters. The van der Waals surface area contributed by atoms with Crippen LogP contribution in [-0.2, 0) is 13.1 Å². The summed E-state index contributed by atoms with van der Waals surface area (Å²) in [6.45, 7) is 2.97. The van der Waals surface area contributed by atoms with Crippen molar-refractivity contribution in [3.63, 3.8) is 0 Å². The molecule has 0 saturated carbocycles. The summed E-state index contributed by atoms with van der Waals surface area (Å²) >= 11 is 4.91. The molecule has 0 spiro atoms. The lowest BCUT2D eigenvalue weighted by atomic mass is 10.1. The zero-order valence-corrected chi connectivity index (χ0v) is 12.3. The van der Waals surface area contributed by atoms with E-state index in [9.17, 15) is 4.39 Å². The number of benzene rings is 1. The van der Waals surface area contributed by atoms with Gasteiger partial charge in [-0.3, -0.25) is 4.90 Å². The van der Waals surface area contributed by atoms with Gasteiger partial charge in [-0.2, -0.15) is 0 Å². The van der Waals surface area contributed by atoms with Gasteiger partial charge in [0.2, 0.25) is 0 Å². The SMILES string of the molecule is Cc1ccc(CN(C)Cc2cc(C(N)=S)ccc2F)o1. The first kappa shape index (κ1) is 14.7. The second-order valence-corrected chi connectivity index (χ2v) is 5.29. The molecule has 2 rings (SSSR count). The van der Waals surface area contributed by atoms with E-state index >= 15 is 0 Å². The van der Waals surface area contributed by atoms with E-state index in [0.717, 1.165) is 11.5 Å². The summed E-state index contributed by atoms with van der Waals surface area (Å²) in [5.74, 6) is 1.47. The Morgan fingerprint density at radius 3 is 2.65 bits per heavy atom. The minimum atomic E-state index is -0.257. The summed E-state index contributed by atoms with van der Waals surface area (Å²) in [5, 5.41) is 0. The molecule has 2 aromatic rings. The van der Waals surface area contributed by atoms with Crippen LogP contribution < -0.4 is 5.73 Å². The number of furan rings is 1. The minimum Gasteiger partial charge on any atom is -0.465 e. The van der Waals surface area contributed by atoms with Crippen molar-refractivity contribution in [2.75, 3.05) is 7.05 Å². The molecule has 0 aliphatic rings. The van der Waals surface area contributed by atoms with Crippen molar-refractivity contribution < 1.29 is 8.81 Å². The Bertz CT molecular complexity index is 624. The van der Waals surface area contributed by atoms with E-state index < -0.39 is 0 Å². The lowest BCUT2D eigenvalue weighted by Gasteiger charge is -2.16. The van der Waals surface area contributed by atoms with Crippen LogP contribution in [0.1, 0.15) is 22.6 Å². The number of thiocarbonyl (C=S) groups is 1. The summed E-state index contributed by atoms with van der Waals surface area (Å²) in [5.41, 5.74) is 6.82. The molecule has 1 aromatic heterocycles. The highest BCUT2D eigenvalue weighted by molar-refractivity contribution is 7.80. The monoisotopic (exact) mass is 292 g/mol. The molecule has 0 bridgehead atoms. The molecule has 2 N–H and O–H groups in total. The predicted molar refractivity (Wildman–Crippen MR) is 80.9 cm³/mol. The molecule has 1 aromatic carbocycles. The number of nitrogens with zero attached hydrogens (tertiary/aromatic N) is 1. The van der Waals surface area contributed by atoms with Gasteiger partial charge in [-0.05, 0) is 44.3 Å². The average Bonchev–Trinajstić information content (AvgIpc) is 2.77. The van der Waals surface area contributed by atoms with Gasteiger partial charge in [-0.15, -0.1) is 0 Å². The fraction of sp³-hybridized carbons (Fsp3) is 0.267. The molecule has 0 radical (unpaired) electrons. The summed E-state index contributed by atoms with van der Waals surface area (Å²) in [6.07, 6.45) is 0. The van der Waals surface area contributed by atoms with Crippen molar-refractivity contribution in [1.29, 1.82) is 0 Å². The van der Waals surface area contributed by atoms with Gasteiger partial charge in [0, 0.05) is 17.7 Å². The zero-order chi connectivity index (χ0) is 14.7. The van der Waals surface area contributed by atoms with E-state index in [0.29, 0.717) is 24.2 Å². The number of aryl methyl sites for hydroxylation is 1. The van der Waals surface area contributed by atoms with Crippen LogP contribution in [0.15, 0.2) is 34.7 Å². The number of hydrogen-bond donors (Lipinski definition) is 1. The first-order chi connectivity index (χ1) is 9.45. The van der Waals surface area contributed by atoms with Gasteiger partial charge in [-0.1, -0.05) is 12.2 Å². The van der Waals surface area contributed by atoms with E-state index in [4.69, 9.17) is 22.4 Å². The summed E-state index contributed by atoms with van der Waals surface area (Å²) in [7, 11) is 1.91. The maximum Gasteiger partial charge on any atom is 0.127 e. The quantitative estimate of drug-likeness (QED) is 0.860. The highest BCUT2D eigenvalue weighted by Gasteiger charge is 2.10. The number of nitrogens with two attached hydrogens (primary N) is 1. The molecular formula is C15H17FN2OS. The largest absolute Gasteiger partial charge is 0.465 e. The molecule has 20 heavy (non-hydrogen) atoms. The zero-order valence-electron chi connectivity index (χ0n) is 11.5. The van der Waals surface area contributed by atoms with Crippen LogP contribution in [0.4, 0.5) is 4.39 Å². The standard InChI is InChI=1S/C15H17FN2OS/c1-10-3-5-13(19-10)9-18(2)8-12-7-11(15(17)20)4-6-14(12)16/h3-7H,8-9H2,1-2H3,(H2,17,20). The highest BCUT2D eigenvalue weighted by atomic mass is 32.1. The average molecular weight is 292 g/mol. The van der Waals surface area contributed by atoms with Gasteiger partial charge < -0.3 is 10.2 Å². The van der Waals surface area contributed by atoms with Crippen LogP contribution >= 0.6 is 12.2 Å². The van der Waals surface area contributed by atoms with E-state index in [2.05, 4.69) is 0 Å². The third-order valence-corrected chi connectivity index (χ3v) is 3.23. The van der Waals surface area contributed by atoms with Gasteiger partial charge in [0.15, 0.2) is 0 Å². The Kier molecular flexibility index (Phi) is 4.52. The normalized spacial score (nSPS) is 11.0. The van der Waals surface area contributed by atoms with Crippen LogP contribution in [0.25, 0.3) is 0 Å². The lowest BCUT2D eigenvalue weighted by Crippen LogP contribution is -2.18. The second-order valence-electron chi connectivity index (χ2n) is 4.86. The van der Waals surface area contributed by atoms with Crippen LogP contribution in [0, 0.1) is 12.7 Å². The van der Waals surface area contributed by atoms with E-state index in [1.54, 1.807) is 12.1 Å². The van der Waals surface area contributed by atoms with Gasteiger partial charge in [0.05, 0.1) is 6.54 Å². The Morgan fingerprint density at radius 1 is 1.30 bits per heavy atom. The van der Waals surface area contributed by atoms with E-state index in [-0.39, 0.29) is 10.8 Å². The molecule has 0 saturated heterocycles. The topological polar surface area (TPSA) is 42.4 Å². The molecule has 3 nitrogen and oxygen atoms in total. The summed E-state index contributed by atoms with van der Waals surface area (Å²) < 4.78 is 19.3. The summed E-state index contributed by atoms with van der Waals surface area (Å²) in [4.78, 5) is 2.25. The van der Waals surface area contributed by atoms with Crippen LogP contribution in [-0.4, -0.2) is 16.9 Å². The van der Waals surface area contributed by atoms with Crippen molar-refractivity contribution >= 4 is 17.2 Å². The Labute approximate surface area is 123 Å². The first-order valence-corrected chi connectivity index (χ1v) is 6.68. The number of halogens is 1. The van der Waals surface area contributed by atoms with Gasteiger partial charge in [0.25, 0.3) is 0 Å². The number of rotatable bonds is 5. The molecular weight excluding hydrogens is 275 g/mol. The maximum atomic E-state index is 13.8. The fourth-order valence-corrected chi connectivity index (χ4v) is 2.16. The lowest BCUT2D eigenvalue weighted by molar-refractivity contribution is 0.281. The van der Waals surface area contributed by atoms with E-state index in [1.807, 2.05) is 31.0 Å². The number of hydrogen-bond acceptors (Lipinski definition) is 3. The van der Waals surface area contributed by atoms with Crippen molar-refractivity contribution in [3.05, 3.63) is 58.8 Å². The molecule has 0 amide bonds. The Balaban J connectivity index is 2.08. The van der Waals surface area contributed by atoms with Gasteiger partial charge in [-0.25, -0.2) is 4.39 Å². The van der Waals surface area contributed by atoms with Gasteiger partial charge >= 0.3 is 0 Å². The maximum absolute atomic E-state index is 13.8. The van der Waals surface area contributed by atoms with Crippen molar-refractivity contribution in [2.45, 2.75) is 20.0 Å². The third kappa shape index (κ3) is 3.65. The van der Waals surface area contributed by atoms with Crippen molar-refractivity contribution in [1.82, 2.24) is 4.90 Å². The van der Waals surface area contributed by atoms with Gasteiger partial charge in [0.1, 0.15) is 22.3 Å². The molecule has 1 heterocycles. The van der Waals surface area contributed by atoms with Crippen molar-refractivity contribution in [2.24, 2.45) is 5.73 Å². The minimum absolute atomic E-state index is 0.257. The van der Waals surface area contributed by atoms with Crippen molar-refractivity contribution in [3.8, 4) is 0 Å². The molecule has 0 aliphatic heterocycles. The third-order valence-electron chi connectivity index (χ3n) is 2.99. The Morgan fingerprint density at radius 2 is 2.05 bits per heavy atom. The molecule has 0 aliphatic carbocycles.